The Hall–Kier alpha value is -2.34. The zero-order chi connectivity index (χ0) is 18.3. The van der Waals surface area contributed by atoms with E-state index in [2.05, 4.69) is 6.07 Å². The van der Waals surface area contributed by atoms with Crippen molar-refractivity contribution in [2.24, 2.45) is 0 Å². The molecule has 0 saturated carbocycles. The third kappa shape index (κ3) is 2.88. The lowest BCUT2D eigenvalue weighted by molar-refractivity contribution is 0.316. The van der Waals surface area contributed by atoms with Gasteiger partial charge in [0.15, 0.2) is 0 Å². The van der Waals surface area contributed by atoms with Crippen LogP contribution >= 0.6 is 22.7 Å². The molecule has 132 valence electrons. The molecule has 0 radical (unpaired) electrons. The number of rotatable bonds is 3. The van der Waals surface area contributed by atoms with E-state index in [0.29, 0.717) is 27.1 Å². The van der Waals surface area contributed by atoms with Crippen molar-refractivity contribution in [3.05, 3.63) is 52.2 Å². The number of nitriles is 1. The largest absolute Gasteiger partial charge is 0.489 e. The molecule has 5 nitrogen and oxygen atoms in total. The minimum Gasteiger partial charge on any atom is -0.489 e. The molecule has 0 saturated heterocycles. The Bertz CT molecular complexity index is 1120. The summed E-state index contributed by atoms with van der Waals surface area (Å²) in [6.45, 7) is 2.47. The number of nitrogens with zero attached hydrogens (tertiary/aromatic N) is 2. The fourth-order valence-corrected chi connectivity index (χ4v) is 6.46. The van der Waals surface area contributed by atoms with Crippen molar-refractivity contribution in [2.75, 3.05) is 17.5 Å². The predicted octanol–water partition coefficient (Wildman–Crippen LogP) is 4.24. The van der Waals surface area contributed by atoms with Gasteiger partial charge in [-0.3, -0.25) is 4.31 Å². The van der Waals surface area contributed by atoms with E-state index in [1.54, 1.807) is 18.2 Å². The molecule has 1 aliphatic heterocycles. The van der Waals surface area contributed by atoms with Crippen molar-refractivity contribution in [3.63, 3.8) is 0 Å². The summed E-state index contributed by atoms with van der Waals surface area (Å²) in [6.07, 6.45) is 0. The maximum absolute atomic E-state index is 13.1. The van der Waals surface area contributed by atoms with E-state index in [1.807, 2.05) is 31.2 Å². The Labute approximate surface area is 159 Å². The van der Waals surface area contributed by atoms with Gasteiger partial charge in [0.1, 0.15) is 27.5 Å². The van der Waals surface area contributed by atoms with E-state index in [-0.39, 0.29) is 6.54 Å². The molecule has 0 N–H and O–H groups in total. The molecule has 8 heteroatoms. The number of fused-ring (bicyclic) bond motifs is 1. The van der Waals surface area contributed by atoms with Crippen molar-refractivity contribution in [3.8, 4) is 22.3 Å². The summed E-state index contributed by atoms with van der Waals surface area (Å²) in [7, 11) is -3.63. The fourth-order valence-electron chi connectivity index (χ4n) is 2.81. The first-order chi connectivity index (χ1) is 12.5. The third-order valence-corrected chi connectivity index (χ3v) is 8.36. The normalized spacial score (nSPS) is 13.8. The molecular formula is C18H14N2O3S3. The van der Waals surface area contributed by atoms with E-state index in [4.69, 9.17) is 10.00 Å². The van der Waals surface area contributed by atoms with Gasteiger partial charge in [-0.15, -0.1) is 22.7 Å². The number of ether oxygens (including phenoxy) is 1. The monoisotopic (exact) mass is 402 g/mol. The van der Waals surface area contributed by atoms with Gasteiger partial charge in [0, 0.05) is 9.75 Å². The maximum atomic E-state index is 13.1. The zero-order valence-corrected chi connectivity index (χ0v) is 16.2. The van der Waals surface area contributed by atoms with Gasteiger partial charge in [-0.1, -0.05) is 0 Å². The van der Waals surface area contributed by atoms with E-state index in [1.165, 1.54) is 27.0 Å². The molecule has 3 heterocycles. The summed E-state index contributed by atoms with van der Waals surface area (Å²) in [5.41, 5.74) is 1.40. The number of hydrogen-bond donors (Lipinski definition) is 0. The SMILES string of the molecule is Cc1ccc(S(=O)(=O)N2CCOc3ccc(-c4ccc(C#N)s4)cc32)s1. The molecule has 0 spiro atoms. The van der Waals surface area contributed by atoms with Crippen LogP contribution in [0.5, 0.6) is 5.75 Å². The van der Waals surface area contributed by atoms with Crippen LogP contribution in [0.4, 0.5) is 5.69 Å². The second-order valence-electron chi connectivity index (χ2n) is 5.75. The van der Waals surface area contributed by atoms with Gasteiger partial charge in [-0.25, -0.2) is 8.42 Å². The smallest absolute Gasteiger partial charge is 0.274 e. The summed E-state index contributed by atoms with van der Waals surface area (Å²) in [5, 5.41) is 9.02. The highest BCUT2D eigenvalue weighted by atomic mass is 32.2. The van der Waals surface area contributed by atoms with Crippen LogP contribution < -0.4 is 9.04 Å². The van der Waals surface area contributed by atoms with Crippen LogP contribution in [-0.2, 0) is 10.0 Å². The standard InChI is InChI=1S/C18H14N2O3S3/c1-12-2-7-18(24-12)26(21,22)20-8-9-23-16-5-3-13(10-15(16)20)17-6-4-14(11-19)25-17/h2-7,10H,8-9H2,1H3. The van der Waals surface area contributed by atoms with Gasteiger partial charge >= 0.3 is 0 Å². The topological polar surface area (TPSA) is 70.4 Å². The highest BCUT2D eigenvalue weighted by Crippen LogP contribution is 2.40. The third-order valence-electron chi connectivity index (χ3n) is 4.04. The van der Waals surface area contributed by atoms with Crippen LogP contribution in [0.15, 0.2) is 46.7 Å². The Morgan fingerprint density at radius 2 is 2.00 bits per heavy atom. The first-order valence-electron chi connectivity index (χ1n) is 7.85. The molecule has 0 aliphatic carbocycles. The average Bonchev–Trinajstić information content (AvgIpc) is 3.30. The summed E-state index contributed by atoms with van der Waals surface area (Å²) in [4.78, 5) is 2.49. The molecule has 26 heavy (non-hydrogen) atoms. The summed E-state index contributed by atoms with van der Waals surface area (Å²) >= 11 is 2.64. The molecule has 1 aliphatic rings. The van der Waals surface area contributed by atoms with Gasteiger partial charge in [0.05, 0.1) is 12.2 Å². The zero-order valence-electron chi connectivity index (χ0n) is 13.8. The van der Waals surface area contributed by atoms with E-state index in [9.17, 15) is 8.42 Å². The first kappa shape index (κ1) is 17.1. The molecule has 4 rings (SSSR count). The lowest BCUT2D eigenvalue weighted by Gasteiger charge is -2.30. The highest BCUT2D eigenvalue weighted by molar-refractivity contribution is 7.94. The van der Waals surface area contributed by atoms with Crippen molar-refractivity contribution < 1.29 is 13.2 Å². The van der Waals surface area contributed by atoms with E-state index < -0.39 is 10.0 Å². The van der Waals surface area contributed by atoms with Crippen LogP contribution in [0.25, 0.3) is 10.4 Å². The summed E-state index contributed by atoms with van der Waals surface area (Å²) < 4.78 is 33.6. The molecule has 0 amide bonds. The van der Waals surface area contributed by atoms with E-state index >= 15 is 0 Å². The Kier molecular flexibility index (Phi) is 4.23. The maximum Gasteiger partial charge on any atom is 0.274 e. The minimum atomic E-state index is -3.63. The van der Waals surface area contributed by atoms with Crippen LogP contribution in [0, 0.1) is 18.3 Å². The number of thiophene rings is 2. The molecule has 2 aromatic heterocycles. The quantitative estimate of drug-likeness (QED) is 0.657. The molecule has 0 fully saturated rings. The van der Waals surface area contributed by atoms with Crippen LogP contribution in [0.3, 0.4) is 0 Å². The Morgan fingerprint density at radius 1 is 1.15 bits per heavy atom. The van der Waals surface area contributed by atoms with Gasteiger partial charge in [-0.05, 0) is 55.0 Å². The number of hydrogen-bond acceptors (Lipinski definition) is 6. The molecular weight excluding hydrogens is 388 g/mol. The molecule has 0 atom stereocenters. The highest BCUT2D eigenvalue weighted by Gasteiger charge is 2.31. The van der Waals surface area contributed by atoms with Crippen molar-refractivity contribution in [1.29, 1.82) is 5.26 Å². The van der Waals surface area contributed by atoms with Gasteiger partial charge in [0.2, 0.25) is 0 Å². The molecule has 1 aromatic carbocycles. The van der Waals surface area contributed by atoms with Gasteiger partial charge in [-0.2, -0.15) is 5.26 Å². The number of anilines is 1. The predicted molar refractivity (Wildman–Crippen MR) is 104 cm³/mol. The average molecular weight is 403 g/mol. The van der Waals surface area contributed by atoms with Crippen LogP contribution in [0.2, 0.25) is 0 Å². The number of benzene rings is 1. The van der Waals surface area contributed by atoms with Crippen molar-refractivity contribution >= 4 is 38.4 Å². The van der Waals surface area contributed by atoms with Crippen molar-refractivity contribution in [1.82, 2.24) is 0 Å². The van der Waals surface area contributed by atoms with Gasteiger partial charge in [0.25, 0.3) is 10.0 Å². The second-order valence-corrected chi connectivity index (χ2v) is 10.2. The summed E-state index contributed by atoms with van der Waals surface area (Å²) in [6, 6.07) is 14.7. The number of sulfonamides is 1. The second kappa shape index (κ2) is 6.43. The lowest BCUT2D eigenvalue weighted by atomic mass is 10.1. The van der Waals surface area contributed by atoms with Crippen LogP contribution in [-0.4, -0.2) is 21.6 Å². The van der Waals surface area contributed by atoms with Crippen molar-refractivity contribution in [2.45, 2.75) is 11.1 Å². The van der Waals surface area contributed by atoms with Gasteiger partial charge < -0.3 is 4.74 Å². The lowest BCUT2D eigenvalue weighted by Crippen LogP contribution is -2.37. The summed E-state index contributed by atoms with van der Waals surface area (Å²) in [5.74, 6) is 0.550. The molecule has 3 aromatic rings. The molecule has 0 bridgehead atoms. The van der Waals surface area contributed by atoms with E-state index in [0.717, 1.165) is 15.3 Å². The molecule has 0 unspecified atom stereocenters. The Balaban J connectivity index is 1.80. The Morgan fingerprint density at radius 3 is 2.69 bits per heavy atom. The fraction of sp³-hybridized carbons (Fsp3) is 0.167. The first-order valence-corrected chi connectivity index (χ1v) is 10.9. The number of aryl methyl sites for hydroxylation is 1. The van der Waals surface area contributed by atoms with Crippen LogP contribution in [0.1, 0.15) is 9.75 Å². The minimum absolute atomic E-state index is 0.267.